The first kappa shape index (κ1) is 13.3. The van der Waals surface area contributed by atoms with Gasteiger partial charge in [-0.05, 0) is 37.1 Å². The summed E-state index contributed by atoms with van der Waals surface area (Å²) >= 11 is 0. The Morgan fingerprint density at radius 2 is 1.89 bits per heavy atom. The first-order valence-electron chi connectivity index (χ1n) is 6.48. The largest absolute Gasteiger partial charge is 0.306 e. The van der Waals surface area contributed by atoms with Crippen LogP contribution < -0.4 is 5.32 Å². The highest BCUT2D eigenvalue weighted by Crippen LogP contribution is 2.14. The third-order valence-corrected chi connectivity index (χ3v) is 3.25. The molecule has 1 atom stereocenters. The summed E-state index contributed by atoms with van der Waals surface area (Å²) in [6.45, 7) is 5.01. The van der Waals surface area contributed by atoms with Gasteiger partial charge in [-0.15, -0.1) is 0 Å². The fourth-order valence-electron chi connectivity index (χ4n) is 1.99. The molecule has 0 bridgehead atoms. The van der Waals surface area contributed by atoms with Crippen molar-refractivity contribution in [1.82, 2.24) is 5.32 Å². The molecule has 0 radical (unpaired) electrons. The van der Waals surface area contributed by atoms with Gasteiger partial charge in [0.2, 0.25) is 0 Å². The number of hydrogen-bond donors (Lipinski definition) is 1. The van der Waals surface area contributed by atoms with Crippen LogP contribution in [0.5, 0.6) is 0 Å². The van der Waals surface area contributed by atoms with Gasteiger partial charge in [-0.3, -0.25) is 0 Å². The third kappa shape index (κ3) is 3.67. The molecule has 2 heteroatoms. The Labute approximate surface area is 114 Å². The minimum absolute atomic E-state index is 0.298. The summed E-state index contributed by atoms with van der Waals surface area (Å²) in [5, 5.41) is 12.3. The van der Waals surface area contributed by atoms with Crippen molar-refractivity contribution in [2.45, 2.75) is 26.4 Å². The quantitative estimate of drug-likeness (QED) is 0.897. The van der Waals surface area contributed by atoms with Crippen molar-refractivity contribution in [3.8, 4) is 6.07 Å². The standard InChI is InChI=1S/C17H18N2/c1-13-6-8-17(9-7-13)14(2)19-12-16-5-3-4-15(10-16)11-18/h3-10,14,19H,12H2,1-2H3. The molecule has 0 saturated carbocycles. The molecule has 0 spiro atoms. The molecule has 0 aliphatic heterocycles. The molecular formula is C17H18N2. The third-order valence-electron chi connectivity index (χ3n) is 3.25. The number of aryl methyl sites for hydroxylation is 1. The van der Waals surface area contributed by atoms with Crippen molar-refractivity contribution in [3.63, 3.8) is 0 Å². The van der Waals surface area contributed by atoms with Crippen LogP contribution in [0.4, 0.5) is 0 Å². The van der Waals surface area contributed by atoms with Crippen LogP contribution in [0, 0.1) is 18.3 Å². The van der Waals surface area contributed by atoms with E-state index in [0.717, 1.165) is 12.1 Å². The van der Waals surface area contributed by atoms with Gasteiger partial charge in [0.25, 0.3) is 0 Å². The highest BCUT2D eigenvalue weighted by molar-refractivity contribution is 5.32. The van der Waals surface area contributed by atoms with Crippen molar-refractivity contribution in [2.75, 3.05) is 0 Å². The van der Waals surface area contributed by atoms with Crippen LogP contribution in [0.2, 0.25) is 0 Å². The number of nitriles is 1. The lowest BCUT2D eigenvalue weighted by molar-refractivity contribution is 0.574. The van der Waals surface area contributed by atoms with E-state index in [-0.39, 0.29) is 0 Å². The Balaban J connectivity index is 1.98. The maximum absolute atomic E-state index is 8.87. The van der Waals surface area contributed by atoms with E-state index in [1.54, 1.807) is 0 Å². The summed E-state index contributed by atoms with van der Waals surface area (Å²) in [6, 6.07) is 18.7. The van der Waals surface area contributed by atoms with Gasteiger partial charge in [-0.1, -0.05) is 42.0 Å². The van der Waals surface area contributed by atoms with Crippen LogP contribution in [-0.4, -0.2) is 0 Å². The van der Waals surface area contributed by atoms with Crippen LogP contribution in [0.25, 0.3) is 0 Å². The second-order valence-electron chi connectivity index (χ2n) is 4.83. The van der Waals surface area contributed by atoms with E-state index >= 15 is 0 Å². The maximum Gasteiger partial charge on any atom is 0.0991 e. The minimum atomic E-state index is 0.298. The van der Waals surface area contributed by atoms with Crippen LogP contribution >= 0.6 is 0 Å². The molecule has 0 aliphatic carbocycles. The minimum Gasteiger partial charge on any atom is -0.306 e. The van der Waals surface area contributed by atoms with Gasteiger partial charge in [-0.2, -0.15) is 5.26 Å². The predicted octanol–water partition coefficient (Wildman–Crippen LogP) is 3.72. The highest BCUT2D eigenvalue weighted by atomic mass is 14.9. The molecule has 1 N–H and O–H groups in total. The second kappa shape index (κ2) is 6.17. The first-order valence-corrected chi connectivity index (χ1v) is 6.48. The van der Waals surface area contributed by atoms with E-state index in [2.05, 4.69) is 49.5 Å². The molecule has 0 heterocycles. The topological polar surface area (TPSA) is 35.8 Å². The molecule has 1 unspecified atom stereocenters. The van der Waals surface area contributed by atoms with Crippen LogP contribution in [0.15, 0.2) is 48.5 Å². The number of rotatable bonds is 4. The van der Waals surface area contributed by atoms with Crippen molar-refractivity contribution in [3.05, 3.63) is 70.8 Å². The van der Waals surface area contributed by atoms with E-state index in [4.69, 9.17) is 5.26 Å². The normalized spacial score (nSPS) is 11.8. The molecule has 0 aliphatic rings. The number of benzene rings is 2. The number of hydrogen-bond acceptors (Lipinski definition) is 2. The summed E-state index contributed by atoms with van der Waals surface area (Å²) in [6.07, 6.45) is 0. The summed E-state index contributed by atoms with van der Waals surface area (Å²) in [5.74, 6) is 0. The smallest absolute Gasteiger partial charge is 0.0991 e. The van der Waals surface area contributed by atoms with Gasteiger partial charge in [0.05, 0.1) is 11.6 Å². The van der Waals surface area contributed by atoms with E-state index in [0.29, 0.717) is 11.6 Å². The van der Waals surface area contributed by atoms with Crippen LogP contribution in [0.3, 0.4) is 0 Å². The molecule has 2 aromatic carbocycles. The van der Waals surface area contributed by atoms with E-state index < -0.39 is 0 Å². The average Bonchev–Trinajstić information content (AvgIpc) is 2.46. The van der Waals surface area contributed by atoms with Crippen LogP contribution in [0.1, 0.15) is 35.2 Å². The zero-order valence-corrected chi connectivity index (χ0v) is 11.4. The molecular weight excluding hydrogens is 232 g/mol. The maximum atomic E-state index is 8.87. The lowest BCUT2D eigenvalue weighted by Crippen LogP contribution is -2.18. The van der Waals surface area contributed by atoms with E-state index in [1.807, 2.05) is 24.3 Å². The summed E-state index contributed by atoms with van der Waals surface area (Å²) < 4.78 is 0. The van der Waals surface area contributed by atoms with Gasteiger partial charge in [0.15, 0.2) is 0 Å². The summed E-state index contributed by atoms with van der Waals surface area (Å²) in [4.78, 5) is 0. The molecule has 0 aromatic heterocycles. The zero-order valence-electron chi connectivity index (χ0n) is 11.4. The van der Waals surface area contributed by atoms with Crippen molar-refractivity contribution >= 4 is 0 Å². The monoisotopic (exact) mass is 250 g/mol. The van der Waals surface area contributed by atoms with E-state index in [1.165, 1.54) is 11.1 Å². The van der Waals surface area contributed by atoms with Crippen molar-refractivity contribution < 1.29 is 0 Å². The Kier molecular flexibility index (Phi) is 4.33. The number of nitrogens with one attached hydrogen (secondary N) is 1. The zero-order chi connectivity index (χ0) is 13.7. The van der Waals surface area contributed by atoms with Gasteiger partial charge < -0.3 is 5.32 Å². The summed E-state index contributed by atoms with van der Waals surface area (Å²) in [5.41, 5.74) is 4.40. The lowest BCUT2D eigenvalue weighted by atomic mass is 10.1. The van der Waals surface area contributed by atoms with Gasteiger partial charge in [0, 0.05) is 12.6 Å². The Bertz CT molecular complexity index is 579. The number of nitrogens with zero attached hydrogens (tertiary/aromatic N) is 1. The van der Waals surface area contributed by atoms with Gasteiger partial charge in [0.1, 0.15) is 0 Å². The summed E-state index contributed by atoms with van der Waals surface area (Å²) in [7, 11) is 0. The molecule has 96 valence electrons. The van der Waals surface area contributed by atoms with Crippen molar-refractivity contribution in [1.29, 1.82) is 5.26 Å². The first-order chi connectivity index (χ1) is 9.19. The molecule has 2 nitrogen and oxygen atoms in total. The van der Waals surface area contributed by atoms with E-state index in [9.17, 15) is 0 Å². The molecule has 2 rings (SSSR count). The fraction of sp³-hybridized carbons (Fsp3) is 0.235. The second-order valence-corrected chi connectivity index (χ2v) is 4.83. The SMILES string of the molecule is Cc1ccc(C(C)NCc2cccc(C#N)c2)cc1. The van der Waals surface area contributed by atoms with Gasteiger partial charge in [-0.25, -0.2) is 0 Å². The lowest BCUT2D eigenvalue weighted by Gasteiger charge is -2.14. The molecule has 2 aromatic rings. The molecule has 0 saturated heterocycles. The predicted molar refractivity (Wildman–Crippen MR) is 77.6 cm³/mol. The molecule has 19 heavy (non-hydrogen) atoms. The van der Waals surface area contributed by atoms with Gasteiger partial charge >= 0.3 is 0 Å². The Hall–Kier alpha value is -2.11. The molecule has 0 amide bonds. The Morgan fingerprint density at radius 1 is 1.16 bits per heavy atom. The fourth-order valence-corrected chi connectivity index (χ4v) is 1.99. The van der Waals surface area contributed by atoms with Crippen molar-refractivity contribution in [2.24, 2.45) is 0 Å². The average molecular weight is 250 g/mol. The highest BCUT2D eigenvalue weighted by Gasteiger charge is 2.04. The Morgan fingerprint density at radius 3 is 2.58 bits per heavy atom. The molecule has 0 fully saturated rings. The van der Waals surface area contributed by atoms with Crippen LogP contribution in [-0.2, 0) is 6.54 Å².